The number of Topliss-reactive ketones (excluding diaryl/α,β-unsaturated/α-hetero) is 1. The molecule has 0 radical (unpaired) electrons. The van der Waals surface area contributed by atoms with Crippen LogP contribution in [0.2, 0.25) is 0 Å². The van der Waals surface area contributed by atoms with E-state index in [2.05, 4.69) is 63.4 Å². The molecule has 2 atom stereocenters. The molecule has 2 N–H and O–H groups in total. The molecule has 7 heteroatoms. The molecule has 0 bridgehead atoms. The van der Waals surface area contributed by atoms with Crippen LogP contribution < -0.4 is 5.32 Å². The van der Waals surface area contributed by atoms with Gasteiger partial charge >= 0.3 is 0 Å². The van der Waals surface area contributed by atoms with Crippen LogP contribution in [0.3, 0.4) is 0 Å². The van der Waals surface area contributed by atoms with Gasteiger partial charge in [-0.15, -0.1) is 0 Å². The van der Waals surface area contributed by atoms with Crippen molar-refractivity contribution < 1.29 is 19.4 Å². The Morgan fingerprint density at radius 3 is 2.39 bits per heavy atom. The minimum Gasteiger partial charge on any atom is -0.503 e. The predicted molar refractivity (Wildman–Crippen MR) is 147 cm³/mol. The van der Waals surface area contributed by atoms with Gasteiger partial charge in [0.2, 0.25) is 5.78 Å². The zero-order valence-corrected chi connectivity index (χ0v) is 21.7. The molecule has 0 aromatic heterocycles. The first-order valence-electron chi connectivity index (χ1n) is 13.4. The molecule has 198 valence electrons. The number of nitrogens with zero attached hydrogens (tertiary/aromatic N) is 2. The Balaban J connectivity index is 1.24. The Labute approximate surface area is 224 Å². The summed E-state index contributed by atoms with van der Waals surface area (Å²) in [6.07, 6.45) is 3.21. The highest BCUT2D eigenvalue weighted by Crippen LogP contribution is 2.27. The molecule has 2 saturated heterocycles. The van der Waals surface area contributed by atoms with Crippen LogP contribution in [0.4, 0.5) is 0 Å². The van der Waals surface area contributed by atoms with Gasteiger partial charge in [0, 0.05) is 74.9 Å². The van der Waals surface area contributed by atoms with E-state index in [-0.39, 0.29) is 23.9 Å². The minimum absolute atomic E-state index is 0.0526. The Hall–Kier alpha value is -3.28. The van der Waals surface area contributed by atoms with Gasteiger partial charge in [0.15, 0.2) is 5.76 Å². The molecule has 0 spiro atoms. The normalized spacial score (nSPS) is 20.8. The van der Waals surface area contributed by atoms with Crippen molar-refractivity contribution in [3.8, 4) is 11.8 Å². The number of aliphatic hydroxyl groups is 1. The maximum absolute atomic E-state index is 12.0. The monoisotopic (exact) mass is 513 g/mol. The quantitative estimate of drug-likeness (QED) is 0.525. The second kappa shape index (κ2) is 13.0. The van der Waals surface area contributed by atoms with Crippen LogP contribution in [0.5, 0.6) is 0 Å². The van der Waals surface area contributed by atoms with E-state index in [4.69, 9.17) is 9.47 Å². The van der Waals surface area contributed by atoms with Crippen molar-refractivity contribution in [1.29, 1.82) is 0 Å². The number of nitrogens with one attached hydrogen (secondary N) is 1. The summed E-state index contributed by atoms with van der Waals surface area (Å²) in [4.78, 5) is 18.7. The van der Waals surface area contributed by atoms with Gasteiger partial charge < -0.3 is 19.9 Å². The van der Waals surface area contributed by atoms with Crippen LogP contribution >= 0.6 is 0 Å². The van der Waals surface area contributed by atoms with Crippen LogP contribution in [-0.4, -0.2) is 74.1 Å². The van der Waals surface area contributed by atoms with Crippen molar-refractivity contribution >= 4 is 12.0 Å². The standard InChI is InChI=1S/C31H35N3O4/c35-30-11-13-32-29(31(30)36)19-27(20-33-28-12-16-38-22-28)26-9-7-24(8-10-26)2-1-23-3-5-25(6-4-23)21-34-14-17-37-18-15-34/h3-10,13,27-28,33,36H,11-12,14-22H2/t27?,28-/m0/s1. The number of hydrogen-bond donors (Lipinski definition) is 2. The third kappa shape index (κ3) is 7.18. The van der Waals surface area contributed by atoms with Crippen molar-refractivity contribution in [3.05, 3.63) is 82.2 Å². The molecule has 0 aliphatic carbocycles. The molecule has 2 aromatic rings. The lowest BCUT2D eigenvalue weighted by atomic mass is 9.91. The molecule has 2 aromatic carbocycles. The van der Waals surface area contributed by atoms with Gasteiger partial charge in [0.1, 0.15) is 0 Å². The van der Waals surface area contributed by atoms with E-state index in [1.807, 2.05) is 12.1 Å². The fourth-order valence-corrected chi connectivity index (χ4v) is 4.95. The molecule has 7 nitrogen and oxygen atoms in total. The number of hydrogen-bond acceptors (Lipinski definition) is 7. The van der Waals surface area contributed by atoms with Crippen LogP contribution in [-0.2, 0) is 20.8 Å². The van der Waals surface area contributed by atoms with E-state index in [9.17, 15) is 9.90 Å². The largest absolute Gasteiger partial charge is 0.503 e. The molecule has 3 aliphatic rings. The molecule has 0 amide bonds. The average Bonchev–Trinajstić information content (AvgIpc) is 3.48. The topological polar surface area (TPSA) is 83.4 Å². The fraction of sp³-hybridized carbons (Fsp3) is 0.419. The SMILES string of the molecule is O=C1CC=NC(CC(CN[C@H]2CCOC2)c2ccc(C#Cc3ccc(CN4CCOCC4)cc3)cc2)=C1O. The van der Waals surface area contributed by atoms with E-state index in [1.54, 1.807) is 6.21 Å². The van der Waals surface area contributed by atoms with Crippen LogP contribution in [0.15, 0.2) is 65.0 Å². The highest BCUT2D eigenvalue weighted by atomic mass is 16.5. The number of benzene rings is 2. The predicted octanol–water partition coefficient (Wildman–Crippen LogP) is 3.58. The number of aliphatic imine (C=N–C) groups is 1. The summed E-state index contributed by atoms with van der Waals surface area (Å²) < 4.78 is 10.9. The Kier molecular flexibility index (Phi) is 9.00. The van der Waals surface area contributed by atoms with Gasteiger partial charge in [0.25, 0.3) is 0 Å². The number of carbonyl (C=O) groups excluding carboxylic acids is 1. The van der Waals surface area contributed by atoms with E-state index in [0.717, 1.165) is 62.6 Å². The van der Waals surface area contributed by atoms with Gasteiger partial charge in [0.05, 0.1) is 25.5 Å². The Bertz CT molecular complexity index is 1210. The molecule has 5 rings (SSSR count). The second-order valence-electron chi connectivity index (χ2n) is 10.1. The molecule has 0 saturated carbocycles. The number of ether oxygens (including phenoxy) is 2. The summed E-state index contributed by atoms with van der Waals surface area (Å²) in [5, 5.41) is 13.9. The Morgan fingerprint density at radius 1 is 1.00 bits per heavy atom. The number of allylic oxidation sites excluding steroid dienone is 2. The lowest BCUT2D eigenvalue weighted by molar-refractivity contribution is -0.117. The summed E-state index contributed by atoms with van der Waals surface area (Å²) in [7, 11) is 0. The molecule has 1 unspecified atom stereocenters. The number of carbonyl (C=O) groups is 1. The maximum Gasteiger partial charge on any atom is 0.204 e. The lowest BCUT2D eigenvalue weighted by Gasteiger charge is -2.26. The number of morpholine rings is 1. The van der Waals surface area contributed by atoms with E-state index in [0.29, 0.717) is 31.3 Å². The van der Waals surface area contributed by atoms with Crippen molar-refractivity contribution in [2.24, 2.45) is 4.99 Å². The van der Waals surface area contributed by atoms with Crippen molar-refractivity contribution in [3.63, 3.8) is 0 Å². The summed E-state index contributed by atoms with van der Waals surface area (Å²) in [6, 6.07) is 17.0. The van der Waals surface area contributed by atoms with Gasteiger partial charge in [-0.05, 0) is 41.8 Å². The van der Waals surface area contributed by atoms with Crippen LogP contribution in [0.1, 0.15) is 47.4 Å². The zero-order chi connectivity index (χ0) is 26.2. The Morgan fingerprint density at radius 2 is 1.71 bits per heavy atom. The zero-order valence-electron chi connectivity index (χ0n) is 21.7. The smallest absolute Gasteiger partial charge is 0.204 e. The summed E-state index contributed by atoms with van der Waals surface area (Å²) >= 11 is 0. The highest BCUT2D eigenvalue weighted by molar-refractivity contribution is 6.03. The van der Waals surface area contributed by atoms with Crippen molar-refractivity contribution in [1.82, 2.24) is 10.2 Å². The van der Waals surface area contributed by atoms with Crippen molar-refractivity contribution in [2.45, 2.75) is 37.8 Å². The first kappa shape index (κ1) is 26.3. The second-order valence-corrected chi connectivity index (χ2v) is 10.1. The van der Waals surface area contributed by atoms with Crippen molar-refractivity contribution in [2.75, 3.05) is 46.1 Å². The van der Waals surface area contributed by atoms with E-state index >= 15 is 0 Å². The van der Waals surface area contributed by atoms with Gasteiger partial charge in [-0.3, -0.25) is 14.7 Å². The van der Waals surface area contributed by atoms with Crippen LogP contribution in [0.25, 0.3) is 0 Å². The van der Waals surface area contributed by atoms with E-state index < -0.39 is 0 Å². The average molecular weight is 514 g/mol. The van der Waals surface area contributed by atoms with Gasteiger partial charge in [-0.2, -0.15) is 0 Å². The molecule has 3 heterocycles. The molecular weight excluding hydrogens is 478 g/mol. The third-order valence-corrected chi connectivity index (χ3v) is 7.28. The maximum atomic E-state index is 12.0. The number of ketones is 1. The molecule has 3 aliphatic heterocycles. The summed E-state index contributed by atoms with van der Waals surface area (Å²) in [5.74, 6) is 6.12. The number of rotatable bonds is 8. The molecule has 2 fully saturated rings. The minimum atomic E-state index is -0.273. The highest BCUT2D eigenvalue weighted by Gasteiger charge is 2.23. The van der Waals surface area contributed by atoms with E-state index in [1.165, 1.54) is 5.56 Å². The third-order valence-electron chi connectivity index (χ3n) is 7.28. The first-order valence-corrected chi connectivity index (χ1v) is 13.4. The lowest BCUT2D eigenvalue weighted by Crippen LogP contribution is -2.35. The molecular formula is C31H35N3O4. The summed E-state index contributed by atoms with van der Waals surface area (Å²) in [5.41, 5.74) is 4.79. The van der Waals surface area contributed by atoms with Gasteiger partial charge in [-0.1, -0.05) is 36.1 Å². The van der Waals surface area contributed by atoms with Crippen LogP contribution in [0, 0.1) is 11.8 Å². The first-order chi connectivity index (χ1) is 18.6. The van der Waals surface area contributed by atoms with Gasteiger partial charge in [-0.25, -0.2) is 0 Å². The summed E-state index contributed by atoms with van der Waals surface area (Å²) in [6.45, 7) is 6.71. The number of aliphatic hydroxyl groups excluding tert-OH is 1. The fourth-order valence-electron chi connectivity index (χ4n) is 4.95. The molecule has 38 heavy (non-hydrogen) atoms.